The van der Waals surface area contributed by atoms with Crippen molar-refractivity contribution in [2.45, 2.75) is 32.6 Å². The van der Waals surface area contributed by atoms with Gasteiger partial charge in [0.2, 0.25) is 0 Å². The van der Waals surface area contributed by atoms with E-state index in [-0.39, 0.29) is 5.97 Å². The van der Waals surface area contributed by atoms with E-state index in [1.165, 1.54) is 24.3 Å². The first kappa shape index (κ1) is 10.9. The van der Waals surface area contributed by atoms with Gasteiger partial charge < -0.3 is 4.74 Å². The number of hydrogen-bond acceptors (Lipinski definition) is 3. The highest BCUT2D eigenvalue weighted by Crippen LogP contribution is 2.24. The Morgan fingerprint density at radius 2 is 2.46 bits per heavy atom. The summed E-state index contributed by atoms with van der Waals surface area (Å²) >= 11 is 2.03. The molecule has 3 heteroatoms. The third-order valence-corrected chi connectivity index (χ3v) is 3.62. The maximum absolute atomic E-state index is 10.8. The summed E-state index contributed by atoms with van der Waals surface area (Å²) in [6.45, 7) is 2.46. The van der Waals surface area contributed by atoms with Gasteiger partial charge in [0.05, 0.1) is 6.61 Å². The minimum atomic E-state index is -0.0662. The summed E-state index contributed by atoms with van der Waals surface area (Å²) in [5.41, 5.74) is 0. The number of ether oxygens (including phenoxy) is 1. The van der Waals surface area contributed by atoms with E-state index in [0.717, 1.165) is 12.3 Å². The first-order chi connectivity index (χ1) is 6.33. The van der Waals surface area contributed by atoms with Crippen LogP contribution in [0.2, 0.25) is 0 Å². The van der Waals surface area contributed by atoms with Gasteiger partial charge in [0.1, 0.15) is 0 Å². The molecule has 0 saturated carbocycles. The molecule has 0 aromatic rings. The molecule has 1 atom stereocenters. The van der Waals surface area contributed by atoms with Crippen molar-refractivity contribution < 1.29 is 9.53 Å². The Hall–Kier alpha value is -0.180. The minimum Gasteiger partial charge on any atom is -0.466 e. The Morgan fingerprint density at radius 1 is 1.62 bits per heavy atom. The summed E-state index contributed by atoms with van der Waals surface area (Å²) in [5.74, 6) is 3.28. The lowest BCUT2D eigenvalue weighted by molar-refractivity contribution is -0.143. The Labute approximate surface area is 84.4 Å². The first-order valence-electron chi connectivity index (χ1n) is 5.06. The lowest BCUT2D eigenvalue weighted by atomic mass is 10.0. The molecule has 0 spiro atoms. The fourth-order valence-corrected chi connectivity index (χ4v) is 2.68. The van der Waals surface area contributed by atoms with Crippen molar-refractivity contribution in [2.75, 3.05) is 18.1 Å². The summed E-state index contributed by atoms with van der Waals surface area (Å²) < 4.78 is 5.05. The fourth-order valence-electron chi connectivity index (χ4n) is 1.48. The lowest BCUT2D eigenvalue weighted by Gasteiger charge is -2.20. The van der Waals surface area contributed by atoms with Crippen LogP contribution in [-0.2, 0) is 9.53 Å². The molecule has 13 heavy (non-hydrogen) atoms. The van der Waals surface area contributed by atoms with Crippen molar-refractivity contribution in [2.24, 2.45) is 5.92 Å². The van der Waals surface area contributed by atoms with Gasteiger partial charge in [-0.1, -0.05) is 6.92 Å². The van der Waals surface area contributed by atoms with E-state index < -0.39 is 0 Å². The second-order valence-corrected chi connectivity index (χ2v) is 4.60. The maximum Gasteiger partial charge on any atom is 0.305 e. The van der Waals surface area contributed by atoms with E-state index in [9.17, 15) is 4.79 Å². The average molecular weight is 202 g/mol. The molecule has 0 radical (unpaired) electrons. The van der Waals surface area contributed by atoms with E-state index in [2.05, 4.69) is 0 Å². The summed E-state index contributed by atoms with van der Waals surface area (Å²) in [7, 11) is 0. The number of rotatable bonds is 4. The molecule has 1 rings (SSSR count). The zero-order valence-corrected chi connectivity index (χ0v) is 9.07. The highest BCUT2D eigenvalue weighted by Gasteiger charge is 2.13. The van der Waals surface area contributed by atoms with E-state index in [1.807, 2.05) is 18.7 Å². The predicted octanol–water partition coefficient (Wildman–Crippen LogP) is 2.47. The third-order valence-electron chi connectivity index (χ3n) is 2.33. The van der Waals surface area contributed by atoms with E-state index in [0.29, 0.717) is 13.0 Å². The molecule has 0 amide bonds. The third kappa shape index (κ3) is 4.55. The molecule has 0 aromatic carbocycles. The number of thioether (sulfide) groups is 1. The standard InChI is InChI=1S/C10H18O2S/c1-2-10(11)12-6-5-9-4-3-7-13-8-9/h9H,2-8H2,1H3. The molecule has 1 heterocycles. The molecule has 0 aromatic heterocycles. The zero-order valence-electron chi connectivity index (χ0n) is 8.25. The van der Waals surface area contributed by atoms with Crippen molar-refractivity contribution in [3.63, 3.8) is 0 Å². The van der Waals surface area contributed by atoms with Crippen molar-refractivity contribution in [1.29, 1.82) is 0 Å². The van der Waals surface area contributed by atoms with Crippen LogP contribution in [0.5, 0.6) is 0 Å². The fraction of sp³-hybridized carbons (Fsp3) is 0.900. The summed E-state index contributed by atoms with van der Waals surface area (Å²) in [6.07, 6.45) is 4.20. The monoisotopic (exact) mass is 202 g/mol. The van der Waals surface area contributed by atoms with Crippen LogP contribution >= 0.6 is 11.8 Å². The molecule has 1 aliphatic heterocycles. The van der Waals surface area contributed by atoms with E-state index >= 15 is 0 Å². The van der Waals surface area contributed by atoms with Gasteiger partial charge >= 0.3 is 5.97 Å². The van der Waals surface area contributed by atoms with Crippen molar-refractivity contribution >= 4 is 17.7 Å². The molecule has 76 valence electrons. The van der Waals surface area contributed by atoms with Gasteiger partial charge in [0.15, 0.2) is 0 Å². The van der Waals surface area contributed by atoms with Crippen LogP contribution < -0.4 is 0 Å². The molecule has 2 nitrogen and oxygen atoms in total. The van der Waals surface area contributed by atoms with Crippen LogP contribution in [-0.4, -0.2) is 24.1 Å². The summed E-state index contributed by atoms with van der Waals surface area (Å²) in [5, 5.41) is 0. The minimum absolute atomic E-state index is 0.0662. The van der Waals surface area contributed by atoms with Crippen LogP contribution in [0.3, 0.4) is 0 Å². The van der Waals surface area contributed by atoms with Gasteiger partial charge in [-0.3, -0.25) is 4.79 Å². The highest BCUT2D eigenvalue weighted by molar-refractivity contribution is 7.99. The van der Waals surface area contributed by atoms with Gasteiger partial charge in [0.25, 0.3) is 0 Å². The maximum atomic E-state index is 10.8. The molecule has 1 unspecified atom stereocenters. The Morgan fingerprint density at radius 3 is 3.08 bits per heavy atom. The van der Waals surface area contributed by atoms with E-state index in [4.69, 9.17) is 4.74 Å². The highest BCUT2D eigenvalue weighted by atomic mass is 32.2. The Bertz CT molecular complexity index is 153. The molecular formula is C10H18O2S. The topological polar surface area (TPSA) is 26.3 Å². The van der Waals surface area contributed by atoms with Gasteiger partial charge in [0, 0.05) is 6.42 Å². The quantitative estimate of drug-likeness (QED) is 0.655. The largest absolute Gasteiger partial charge is 0.466 e. The predicted molar refractivity (Wildman–Crippen MR) is 55.9 cm³/mol. The van der Waals surface area contributed by atoms with Crippen molar-refractivity contribution in [1.82, 2.24) is 0 Å². The molecule has 0 bridgehead atoms. The molecule has 1 aliphatic rings. The molecule has 1 saturated heterocycles. The lowest BCUT2D eigenvalue weighted by Crippen LogP contribution is -2.14. The smallest absolute Gasteiger partial charge is 0.305 e. The van der Waals surface area contributed by atoms with Gasteiger partial charge in [-0.15, -0.1) is 0 Å². The SMILES string of the molecule is CCC(=O)OCCC1CCCSC1. The Balaban J connectivity index is 2.01. The van der Waals surface area contributed by atoms with Crippen LogP contribution in [0.25, 0.3) is 0 Å². The second kappa shape index (κ2) is 6.30. The van der Waals surface area contributed by atoms with Crippen LogP contribution in [0.4, 0.5) is 0 Å². The normalized spacial score (nSPS) is 22.7. The number of hydrogen-bond donors (Lipinski definition) is 0. The van der Waals surface area contributed by atoms with Crippen LogP contribution in [0, 0.1) is 5.92 Å². The molecular weight excluding hydrogens is 184 g/mol. The molecule has 0 aliphatic carbocycles. The van der Waals surface area contributed by atoms with Gasteiger partial charge in [-0.25, -0.2) is 0 Å². The zero-order chi connectivity index (χ0) is 9.52. The molecule has 1 fully saturated rings. The number of esters is 1. The van der Waals surface area contributed by atoms with E-state index in [1.54, 1.807) is 0 Å². The second-order valence-electron chi connectivity index (χ2n) is 3.45. The average Bonchev–Trinajstić information content (AvgIpc) is 2.19. The van der Waals surface area contributed by atoms with Gasteiger partial charge in [-0.05, 0) is 36.7 Å². The van der Waals surface area contributed by atoms with Crippen LogP contribution in [0.15, 0.2) is 0 Å². The number of carbonyl (C=O) groups excluding carboxylic acids is 1. The van der Waals surface area contributed by atoms with Gasteiger partial charge in [-0.2, -0.15) is 11.8 Å². The van der Waals surface area contributed by atoms with Crippen molar-refractivity contribution in [3.8, 4) is 0 Å². The van der Waals surface area contributed by atoms with Crippen molar-refractivity contribution in [3.05, 3.63) is 0 Å². The molecule has 0 N–H and O–H groups in total. The summed E-state index contributed by atoms with van der Waals surface area (Å²) in [6, 6.07) is 0. The Kier molecular flexibility index (Phi) is 5.28. The van der Waals surface area contributed by atoms with Crippen LogP contribution in [0.1, 0.15) is 32.6 Å². The first-order valence-corrected chi connectivity index (χ1v) is 6.21. The summed E-state index contributed by atoms with van der Waals surface area (Å²) in [4.78, 5) is 10.8. The number of carbonyl (C=O) groups is 1.